The number of amides is 1. The highest BCUT2D eigenvalue weighted by Gasteiger charge is 2.05. The summed E-state index contributed by atoms with van der Waals surface area (Å²) in [5.41, 5.74) is 1.54. The summed E-state index contributed by atoms with van der Waals surface area (Å²) in [6.45, 7) is 3.94. The molecule has 0 aliphatic carbocycles. The van der Waals surface area contributed by atoms with Crippen molar-refractivity contribution in [1.82, 2.24) is 9.97 Å². The van der Waals surface area contributed by atoms with Crippen molar-refractivity contribution in [3.8, 4) is 5.75 Å². The molecule has 100 valence electrons. The number of nitrogens with one attached hydrogen (secondary N) is 2. The zero-order valence-electron chi connectivity index (χ0n) is 11.0. The Morgan fingerprint density at radius 3 is 2.68 bits per heavy atom. The molecule has 1 aromatic heterocycles. The maximum Gasteiger partial charge on any atom is 0.230 e. The Morgan fingerprint density at radius 2 is 2.11 bits per heavy atom. The van der Waals surface area contributed by atoms with E-state index in [1.807, 2.05) is 38.1 Å². The first-order chi connectivity index (χ1) is 9.13. The molecule has 5 nitrogen and oxygen atoms in total. The number of hydrogen-bond acceptors (Lipinski definition) is 3. The third kappa shape index (κ3) is 4.13. The monoisotopic (exact) mass is 259 g/mol. The molecular weight excluding hydrogens is 242 g/mol. The Labute approximate surface area is 112 Å². The van der Waals surface area contributed by atoms with Gasteiger partial charge in [0.1, 0.15) is 5.75 Å². The molecule has 0 bridgehead atoms. The first-order valence-electron chi connectivity index (χ1n) is 6.17. The predicted molar refractivity (Wildman–Crippen MR) is 73.1 cm³/mol. The lowest BCUT2D eigenvalue weighted by Crippen LogP contribution is -2.14. The third-order valence-corrected chi connectivity index (χ3v) is 2.42. The number of carbonyl (C=O) groups is 1. The zero-order valence-corrected chi connectivity index (χ0v) is 11.0. The van der Waals surface area contributed by atoms with E-state index in [4.69, 9.17) is 4.74 Å². The minimum Gasteiger partial charge on any atom is -0.491 e. The predicted octanol–water partition coefficient (Wildman–Crippen LogP) is 2.38. The van der Waals surface area contributed by atoms with Gasteiger partial charge in [-0.05, 0) is 38.1 Å². The highest BCUT2D eigenvalue weighted by molar-refractivity contribution is 5.92. The number of carbonyl (C=O) groups excluding carboxylic acids is 1. The lowest BCUT2D eigenvalue weighted by molar-refractivity contribution is -0.115. The van der Waals surface area contributed by atoms with Crippen LogP contribution in [0.2, 0.25) is 0 Å². The number of aromatic nitrogens is 2. The summed E-state index contributed by atoms with van der Waals surface area (Å²) in [5.74, 6) is 0.711. The molecule has 1 heterocycles. The van der Waals surface area contributed by atoms with E-state index in [1.54, 1.807) is 12.5 Å². The molecule has 0 aliphatic heterocycles. The molecule has 0 radical (unpaired) electrons. The summed E-state index contributed by atoms with van der Waals surface area (Å²) in [4.78, 5) is 18.5. The van der Waals surface area contributed by atoms with E-state index in [0.717, 1.165) is 17.1 Å². The molecule has 2 aromatic rings. The van der Waals surface area contributed by atoms with E-state index < -0.39 is 0 Å². The van der Waals surface area contributed by atoms with Crippen LogP contribution in [-0.2, 0) is 11.2 Å². The quantitative estimate of drug-likeness (QED) is 0.866. The Kier molecular flexibility index (Phi) is 4.18. The number of H-pyrrole nitrogens is 1. The fraction of sp³-hybridized carbons (Fsp3) is 0.286. The summed E-state index contributed by atoms with van der Waals surface area (Å²) in [6, 6.07) is 7.32. The first kappa shape index (κ1) is 13.1. The van der Waals surface area contributed by atoms with Crippen LogP contribution in [0, 0.1) is 0 Å². The minimum absolute atomic E-state index is 0.0817. The van der Waals surface area contributed by atoms with Crippen LogP contribution in [0.15, 0.2) is 36.8 Å². The normalized spacial score (nSPS) is 10.5. The van der Waals surface area contributed by atoms with E-state index in [1.165, 1.54) is 0 Å². The Balaban J connectivity index is 1.90. The molecule has 0 saturated heterocycles. The standard InChI is InChI=1S/C14H17N3O2/c1-10(2)19-13-5-3-11(4-6-13)17-14(18)7-12-8-15-9-16-12/h3-6,8-10H,7H2,1-2H3,(H,15,16)(H,17,18). The number of imidazole rings is 1. The van der Waals surface area contributed by atoms with E-state index in [-0.39, 0.29) is 18.4 Å². The van der Waals surface area contributed by atoms with Crippen molar-refractivity contribution in [1.29, 1.82) is 0 Å². The fourth-order valence-electron chi connectivity index (χ4n) is 1.65. The number of benzene rings is 1. The van der Waals surface area contributed by atoms with Gasteiger partial charge in [0.2, 0.25) is 5.91 Å². The van der Waals surface area contributed by atoms with Crippen LogP contribution in [-0.4, -0.2) is 22.0 Å². The SMILES string of the molecule is CC(C)Oc1ccc(NC(=O)Cc2cnc[nH]2)cc1. The summed E-state index contributed by atoms with van der Waals surface area (Å²) >= 11 is 0. The van der Waals surface area contributed by atoms with Gasteiger partial charge in [-0.15, -0.1) is 0 Å². The maximum absolute atomic E-state index is 11.8. The van der Waals surface area contributed by atoms with Gasteiger partial charge in [-0.1, -0.05) is 0 Å². The molecule has 19 heavy (non-hydrogen) atoms. The number of anilines is 1. The van der Waals surface area contributed by atoms with Gasteiger partial charge in [0.05, 0.1) is 18.9 Å². The van der Waals surface area contributed by atoms with Crippen molar-refractivity contribution in [3.05, 3.63) is 42.5 Å². The van der Waals surface area contributed by atoms with Crippen LogP contribution in [0.5, 0.6) is 5.75 Å². The lowest BCUT2D eigenvalue weighted by Gasteiger charge is -2.10. The second-order valence-electron chi connectivity index (χ2n) is 4.49. The lowest BCUT2D eigenvalue weighted by atomic mass is 10.2. The van der Waals surface area contributed by atoms with Crippen molar-refractivity contribution >= 4 is 11.6 Å². The van der Waals surface area contributed by atoms with Gasteiger partial charge in [0, 0.05) is 17.6 Å². The van der Waals surface area contributed by atoms with Gasteiger partial charge in [-0.2, -0.15) is 0 Å². The van der Waals surface area contributed by atoms with Gasteiger partial charge < -0.3 is 15.0 Å². The van der Waals surface area contributed by atoms with Crippen molar-refractivity contribution in [3.63, 3.8) is 0 Å². The highest BCUT2D eigenvalue weighted by atomic mass is 16.5. The molecule has 0 fully saturated rings. The molecule has 0 atom stereocenters. The van der Waals surface area contributed by atoms with Crippen LogP contribution in [0.25, 0.3) is 0 Å². The van der Waals surface area contributed by atoms with Crippen molar-refractivity contribution < 1.29 is 9.53 Å². The van der Waals surface area contributed by atoms with E-state index in [9.17, 15) is 4.79 Å². The molecule has 2 rings (SSSR count). The fourth-order valence-corrected chi connectivity index (χ4v) is 1.65. The van der Waals surface area contributed by atoms with Crippen molar-refractivity contribution in [2.24, 2.45) is 0 Å². The number of nitrogens with zero attached hydrogens (tertiary/aromatic N) is 1. The summed E-state index contributed by atoms with van der Waals surface area (Å²) in [7, 11) is 0. The largest absolute Gasteiger partial charge is 0.491 e. The van der Waals surface area contributed by atoms with Crippen molar-refractivity contribution in [2.75, 3.05) is 5.32 Å². The summed E-state index contributed by atoms with van der Waals surface area (Å²) in [5, 5.41) is 2.82. The van der Waals surface area contributed by atoms with Gasteiger partial charge >= 0.3 is 0 Å². The molecular formula is C14H17N3O2. The maximum atomic E-state index is 11.8. The second kappa shape index (κ2) is 6.04. The zero-order chi connectivity index (χ0) is 13.7. The Bertz CT molecular complexity index is 518. The topological polar surface area (TPSA) is 67.0 Å². The van der Waals surface area contributed by atoms with Gasteiger partial charge in [0.15, 0.2) is 0 Å². The summed E-state index contributed by atoms with van der Waals surface area (Å²) in [6.07, 6.45) is 3.62. The summed E-state index contributed by atoms with van der Waals surface area (Å²) < 4.78 is 5.53. The van der Waals surface area contributed by atoms with E-state index >= 15 is 0 Å². The molecule has 2 N–H and O–H groups in total. The number of hydrogen-bond donors (Lipinski definition) is 2. The highest BCUT2D eigenvalue weighted by Crippen LogP contribution is 2.17. The molecule has 0 aliphatic rings. The second-order valence-corrected chi connectivity index (χ2v) is 4.49. The van der Waals surface area contributed by atoms with E-state index in [0.29, 0.717) is 0 Å². The van der Waals surface area contributed by atoms with Crippen LogP contribution in [0.3, 0.4) is 0 Å². The van der Waals surface area contributed by atoms with Gasteiger partial charge in [-0.25, -0.2) is 4.98 Å². The van der Waals surface area contributed by atoms with Crippen LogP contribution >= 0.6 is 0 Å². The average molecular weight is 259 g/mol. The van der Waals surface area contributed by atoms with Gasteiger partial charge in [0.25, 0.3) is 0 Å². The molecule has 5 heteroatoms. The Hall–Kier alpha value is -2.30. The molecule has 0 saturated carbocycles. The van der Waals surface area contributed by atoms with Crippen LogP contribution in [0.4, 0.5) is 5.69 Å². The minimum atomic E-state index is -0.0817. The number of aromatic amines is 1. The first-order valence-corrected chi connectivity index (χ1v) is 6.17. The van der Waals surface area contributed by atoms with Crippen LogP contribution in [0.1, 0.15) is 19.5 Å². The van der Waals surface area contributed by atoms with Crippen LogP contribution < -0.4 is 10.1 Å². The molecule has 0 spiro atoms. The van der Waals surface area contributed by atoms with Crippen molar-refractivity contribution in [2.45, 2.75) is 26.4 Å². The Morgan fingerprint density at radius 1 is 1.37 bits per heavy atom. The molecule has 1 aromatic carbocycles. The molecule has 0 unspecified atom stereocenters. The van der Waals surface area contributed by atoms with E-state index in [2.05, 4.69) is 15.3 Å². The third-order valence-electron chi connectivity index (χ3n) is 2.42. The number of ether oxygens (including phenoxy) is 1. The molecule has 1 amide bonds. The average Bonchev–Trinajstić information content (AvgIpc) is 2.83. The smallest absolute Gasteiger partial charge is 0.230 e. The van der Waals surface area contributed by atoms with Gasteiger partial charge in [-0.3, -0.25) is 4.79 Å². The number of rotatable bonds is 5.